The lowest BCUT2D eigenvalue weighted by Crippen LogP contribution is -2.14. The molecule has 0 amide bonds. The fourth-order valence-electron chi connectivity index (χ4n) is 1.97. The van der Waals surface area contributed by atoms with Crippen molar-refractivity contribution in [1.82, 2.24) is 0 Å². The monoisotopic (exact) mass is 305 g/mol. The van der Waals surface area contributed by atoms with Crippen molar-refractivity contribution in [2.75, 3.05) is 11.9 Å². The Kier molecular flexibility index (Phi) is 5.26. The summed E-state index contributed by atoms with van der Waals surface area (Å²) < 4.78 is 0. The van der Waals surface area contributed by atoms with E-state index < -0.39 is 4.92 Å². The Hall–Kier alpha value is -3.39. The van der Waals surface area contributed by atoms with Crippen LogP contribution in [0, 0.1) is 21.4 Å². The predicted octanol–water partition coefficient (Wildman–Crippen LogP) is 4.15. The van der Waals surface area contributed by atoms with Crippen LogP contribution in [0.3, 0.4) is 0 Å². The molecule has 0 aliphatic carbocycles. The number of allylic oxidation sites excluding steroid dienone is 3. The van der Waals surface area contributed by atoms with Gasteiger partial charge in [0.25, 0.3) is 5.69 Å². The number of hydrogen-bond acceptors (Lipinski definition) is 4. The molecule has 0 saturated heterocycles. The van der Waals surface area contributed by atoms with Crippen LogP contribution >= 0.6 is 0 Å². The first-order chi connectivity index (χ1) is 11.1. The second-order valence-corrected chi connectivity index (χ2v) is 4.77. The molecule has 114 valence electrons. The summed E-state index contributed by atoms with van der Waals surface area (Å²) in [5.41, 5.74) is 2.30. The molecule has 2 rings (SSSR count). The maximum absolute atomic E-state index is 10.6. The van der Waals surface area contributed by atoms with Gasteiger partial charge in [0, 0.05) is 24.9 Å². The number of benzene rings is 2. The third-order valence-corrected chi connectivity index (χ3v) is 3.27. The molecule has 0 spiro atoms. The van der Waals surface area contributed by atoms with Crippen LogP contribution in [0.1, 0.15) is 5.56 Å². The van der Waals surface area contributed by atoms with Gasteiger partial charge in [0.1, 0.15) is 11.8 Å². The van der Waals surface area contributed by atoms with Crippen LogP contribution in [0.2, 0.25) is 0 Å². The van der Waals surface area contributed by atoms with E-state index in [1.165, 1.54) is 12.1 Å². The SMILES string of the molecule is CN(/C(C#N)=C/C=C/c1ccc([N+](=O)[O-])cc1)c1ccccc1. The molecule has 0 atom stereocenters. The second kappa shape index (κ2) is 7.57. The number of hydrogen-bond donors (Lipinski definition) is 0. The van der Waals surface area contributed by atoms with Crippen molar-refractivity contribution in [3.8, 4) is 6.07 Å². The van der Waals surface area contributed by atoms with Crippen molar-refractivity contribution >= 4 is 17.5 Å². The zero-order chi connectivity index (χ0) is 16.7. The average molecular weight is 305 g/mol. The largest absolute Gasteiger partial charge is 0.336 e. The minimum Gasteiger partial charge on any atom is -0.336 e. The minimum absolute atomic E-state index is 0.0548. The number of anilines is 1. The molecular formula is C18H15N3O2. The van der Waals surface area contributed by atoms with Crippen molar-refractivity contribution < 1.29 is 4.92 Å². The fourth-order valence-corrected chi connectivity index (χ4v) is 1.97. The van der Waals surface area contributed by atoms with Gasteiger partial charge in [-0.25, -0.2) is 0 Å². The molecule has 23 heavy (non-hydrogen) atoms. The van der Waals surface area contributed by atoms with Gasteiger partial charge in [0.15, 0.2) is 0 Å². The molecule has 2 aromatic rings. The fraction of sp³-hybridized carbons (Fsp3) is 0.0556. The van der Waals surface area contributed by atoms with Crippen LogP contribution in [-0.2, 0) is 0 Å². The molecule has 0 aromatic heterocycles. The van der Waals surface area contributed by atoms with E-state index in [1.54, 1.807) is 35.3 Å². The van der Waals surface area contributed by atoms with Crippen LogP contribution in [0.5, 0.6) is 0 Å². The zero-order valence-electron chi connectivity index (χ0n) is 12.6. The maximum Gasteiger partial charge on any atom is 0.269 e. The number of nitro benzene ring substituents is 1. The summed E-state index contributed by atoms with van der Waals surface area (Å²) >= 11 is 0. The number of para-hydroxylation sites is 1. The van der Waals surface area contributed by atoms with E-state index in [2.05, 4.69) is 6.07 Å². The van der Waals surface area contributed by atoms with Gasteiger partial charge in [0.05, 0.1) is 4.92 Å². The minimum atomic E-state index is -0.435. The molecule has 0 aliphatic heterocycles. The van der Waals surface area contributed by atoms with Gasteiger partial charge in [-0.3, -0.25) is 10.1 Å². The topological polar surface area (TPSA) is 70.2 Å². The Morgan fingerprint density at radius 1 is 1.17 bits per heavy atom. The lowest BCUT2D eigenvalue weighted by Gasteiger charge is -2.17. The molecule has 0 fully saturated rings. The number of rotatable bonds is 5. The predicted molar refractivity (Wildman–Crippen MR) is 90.7 cm³/mol. The molecule has 0 saturated carbocycles. The molecule has 2 aromatic carbocycles. The van der Waals surface area contributed by atoms with E-state index in [1.807, 2.05) is 37.4 Å². The van der Waals surface area contributed by atoms with Crippen LogP contribution in [0.4, 0.5) is 11.4 Å². The first kappa shape index (κ1) is 16.0. The number of non-ortho nitro benzene ring substituents is 1. The summed E-state index contributed by atoms with van der Waals surface area (Å²) in [4.78, 5) is 12.0. The highest BCUT2D eigenvalue weighted by atomic mass is 16.6. The molecule has 0 heterocycles. The third kappa shape index (κ3) is 4.29. The molecule has 0 radical (unpaired) electrons. The summed E-state index contributed by atoms with van der Waals surface area (Å²) in [6.45, 7) is 0. The van der Waals surface area contributed by atoms with Crippen LogP contribution in [0.15, 0.2) is 72.4 Å². The summed E-state index contributed by atoms with van der Waals surface area (Å²) in [7, 11) is 1.82. The molecule has 0 aliphatic rings. The van der Waals surface area contributed by atoms with Crippen LogP contribution in [0.25, 0.3) is 6.08 Å². The normalized spacial score (nSPS) is 11.2. The lowest BCUT2D eigenvalue weighted by atomic mass is 10.2. The Balaban J connectivity index is 2.13. The second-order valence-electron chi connectivity index (χ2n) is 4.77. The first-order valence-electron chi connectivity index (χ1n) is 6.93. The van der Waals surface area contributed by atoms with E-state index in [4.69, 9.17) is 0 Å². The summed E-state index contributed by atoms with van der Waals surface area (Å²) in [5, 5.41) is 19.9. The Labute approximate surface area is 134 Å². The molecule has 0 N–H and O–H groups in total. The number of nitriles is 1. The first-order valence-corrected chi connectivity index (χ1v) is 6.93. The highest BCUT2D eigenvalue weighted by Crippen LogP contribution is 2.17. The standard InChI is InChI=1S/C18H15N3O2/c1-20(16-7-3-2-4-8-16)18(14-19)9-5-6-15-10-12-17(13-11-15)21(22)23/h2-13H,1H3/b6-5+,18-9+. The van der Waals surface area contributed by atoms with E-state index in [0.717, 1.165) is 11.3 Å². The molecule has 5 heteroatoms. The smallest absolute Gasteiger partial charge is 0.269 e. The Morgan fingerprint density at radius 3 is 2.39 bits per heavy atom. The Morgan fingerprint density at radius 2 is 1.83 bits per heavy atom. The molecule has 5 nitrogen and oxygen atoms in total. The summed E-state index contributed by atoms with van der Waals surface area (Å²) in [6, 6.07) is 18.0. The van der Waals surface area contributed by atoms with Crippen LogP contribution in [-0.4, -0.2) is 12.0 Å². The lowest BCUT2D eigenvalue weighted by molar-refractivity contribution is -0.384. The van der Waals surface area contributed by atoms with Crippen molar-refractivity contribution in [2.24, 2.45) is 0 Å². The van der Waals surface area contributed by atoms with Gasteiger partial charge in [-0.2, -0.15) is 5.26 Å². The van der Waals surface area contributed by atoms with E-state index in [9.17, 15) is 15.4 Å². The van der Waals surface area contributed by atoms with Crippen molar-refractivity contribution in [3.05, 3.63) is 88.1 Å². The summed E-state index contributed by atoms with van der Waals surface area (Å²) in [6.07, 6.45) is 5.24. The van der Waals surface area contributed by atoms with Gasteiger partial charge in [-0.1, -0.05) is 30.4 Å². The van der Waals surface area contributed by atoms with Crippen LogP contribution < -0.4 is 4.90 Å². The molecular weight excluding hydrogens is 290 g/mol. The molecule has 0 bridgehead atoms. The Bertz CT molecular complexity index is 772. The number of nitrogens with zero attached hydrogens (tertiary/aromatic N) is 3. The van der Waals surface area contributed by atoms with E-state index in [0.29, 0.717) is 5.70 Å². The zero-order valence-corrected chi connectivity index (χ0v) is 12.6. The summed E-state index contributed by atoms with van der Waals surface area (Å²) in [5.74, 6) is 0. The van der Waals surface area contributed by atoms with E-state index in [-0.39, 0.29) is 5.69 Å². The van der Waals surface area contributed by atoms with E-state index >= 15 is 0 Å². The van der Waals surface area contributed by atoms with Gasteiger partial charge in [-0.15, -0.1) is 0 Å². The molecule has 0 unspecified atom stereocenters. The highest BCUT2D eigenvalue weighted by molar-refractivity contribution is 5.58. The maximum atomic E-state index is 10.6. The quantitative estimate of drug-likeness (QED) is 0.360. The third-order valence-electron chi connectivity index (χ3n) is 3.27. The highest BCUT2D eigenvalue weighted by Gasteiger charge is 2.05. The average Bonchev–Trinajstić information content (AvgIpc) is 2.59. The van der Waals surface area contributed by atoms with Crippen molar-refractivity contribution in [2.45, 2.75) is 0 Å². The van der Waals surface area contributed by atoms with Gasteiger partial charge < -0.3 is 4.90 Å². The van der Waals surface area contributed by atoms with Gasteiger partial charge in [-0.05, 0) is 35.9 Å². The van der Waals surface area contributed by atoms with Crippen molar-refractivity contribution in [3.63, 3.8) is 0 Å². The van der Waals surface area contributed by atoms with Gasteiger partial charge in [0.2, 0.25) is 0 Å². The van der Waals surface area contributed by atoms with Crippen molar-refractivity contribution in [1.29, 1.82) is 5.26 Å². The number of nitro groups is 1. The van der Waals surface area contributed by atoms with Gasteiger partial charge >= 0.3 is 0 Å².